The average molecular weight is 828 g/mol. The fourth-order valence-electron chi connectivity index (χ4n) is 8.93. The summed E-state index contributed by atoms with van der Waals surface area (Å²) in [5.74, 6) is 0.550. The van der Waals surface area contributed by atoms with Crippen LogP contribution in [-0.2, 0) is 0 Å². The van der Waals surface area contributed by atoms with Crippen molar-refractivity contribution in [1.29, 1.82) is 10.5 Å². The molecule has 2 aromatic heterocycles. The van der Waals surface area contributed by atoms with Crippen LogP contribution in [0.25, 0.3) is 106 Å². The van der Waals surface area contributed by atoms with Crippen LogP contribution >= 0.6 is 0 Å². The van der Waals surface area contributed by atoms with Crippen LogP contribution in [0.5, 0.6) is 0 Å². The minimum absolute atomic E-state index is 0.544. The van der Waals surface area contributed by atoms with Gasteiger partial charge in [0, 0.05) is 38.6 Å². The maximum absolute atomic E-state index is 10.3. The van der Waals surface area contributed by atoms with Gasteiger partial charge in [0.15, 0.2) is 5.82 Å². The van der Waals surface area contributed by atoms with Crippen LogP contribution < -0.4 is 0 Å². The van der Waals surface area contributed by atoms with Crippen LogP contribution in [0.15, 0.2) is 224 Å². The monoisotopic (exact) mass is 827 g/mol. The van der Waals surface area contributed by atoms with E-state index in [0.717, 1.165) is 100 Å². The molecule has 5 heteroatoms. The Morgan fingerprint density at radius 1 is 0.323 bits per heavy atom. The first-order valence-corrected chi connectivity index (χ1v) is 21.5. The van der Waals surface area contributed by atoms with Gasteiger partial charge in [0.25, 0.3) is 0 Å². The Kier molecular flexibility index (Phi) is 9.90. The van der Waals surface area contributed by atoms with Gasteiger partial charge in [-0.2, -0.15) is 10.5 Å². The highest BCUT2D eigenvalue weighted by atomic mass is 15.0. The van der Waals surface area contributed by atoms with Gasteiger partial charge in [0.2, 0.25) is 0 Å². The molecule has 65 heavy (non-hydrogen) atoms. The molecule has 2 heterocycles. The van der Waals surface area contributed by atoms with E-state index in [1.54, 1.807) is 0 Å². The second kappa shape index (κ2) is 16.6. The Morgan fingerprint density at radius 2 is 0.723 bits per heavy atom. The molecule has 0 N–H and O–H groups in total. The maximum atomic E-state index is 10.3. The van der Waals surface area contributed by atoms with Crippen LogP contribution in [0.4, 0.5) is 0 Å². The molecule has 0 saturated heterocycles. The van der Waals surface area contributed by atoms with Crippen LogP contribution in [0.1, 0.15) is 11.1 Å². The molecule has 0 saturated carbocycles. The Morgan fingerprint density at radius 3 is 1.14 bits per heavy atom. The molecule has 0 spiro atoms. The van der Waals surface area contributed by atoms with Crippen molar-refractivity contribution in [3.8, 4) is 96.2 Å². The topological polar surface area (TPSA) is 78.3 Å². The Labute approximate surface area is 377 Å². The number of benzene rings is 9. The van der Waals surface area contributed by atoms with E-state index in [1.165, 1.54) is 0 Å². The third-order valence-electron chi connectivity index (χ3n) is 12.0. The van der Waals surface area contributed by atoms with Crippen molar-refractivity contribution in [1.82, 2.24) is 14.5 Å². The minimum Gasteiger partial charge on any atom is -0.308 e. The van der Waals surface area contributed by atoms with Gasteiger partial charge in [-0.3, -0.25) is 0 Å². The third kappa shape index (κ3) is 7.30. The molecule has 11 aromatic rings. The van der Waals surface area contributed by atoms with E-state index < -0.39 is 0 Å². The predicted octanol–water partition coefficient (Wildman–Crippen LogP) is 15.0. The zero-order valence-corrected chi connectivity index (χ0v) is 35.1. The summed E-state index contributed by atoms with van der Waals surface area (Å²) in [7, 11) is 0. The van der Waals surface area contributed by atoms with E-state index in [4.69, 9.17) is 9.97 Å². The standard InChI is InChI=1S/C60H37N5/c61-38-40-15-13-25-48(31-40)51-35-50(60-63-55(44-21-9-3-10-22-44)37-56(64-60)45-23-11-4-12-24-45)36-52(49-26-14-16-41(32-49)39-62)59(51)65-57-29-27-46(42-17-5-1-6-18-42)33-53(57)54-34-47(28-30-58(54)65)43-19-7-2-8-20-43/h1-37H. The molecule has 0 unspecified atom stereocenters. The number of nitrogens with zero attached hydrogens (tertiary/aromatic N) is 5. The lowest BCUT2D eigenvalue weighted by molar-refractivity contribution is 1.17. The zero-order valence-electron chi connectivity index (χ0n) is 35.1. The second-order valence-electron chi connectivity index (χ2n) is 16.0. The number of fused-ring (bicyclic) bond motifs is 3. The molecule has 9 aromatic carbocycles. The first-order valence-electron chi connectivity index (χ1n) is 21.5. The maximum Gasteiger partial charge on any atom is 0.160 e. The fraction of sp³-hybridized carbons (Fsp3) is 0. The summed E-state index contributed by atoms with van der Waals surface area (Å²) in [6, 6.07) is 81.4. The number of hydrogen-bond acceptors (Lipinski definition) is 4. The lowest BCUT2D eigenvalue weighted by Gasteiger charge is -2.21. The molecule has 0 atom stereocenters. The van der Waals surface area contributed by atoms with Gasteiger partial charge >= 0.3 is 0 Å². The highest BCUT2D eigenvalue weighted by Gasteiger charge is 2.24. The summed E-state index contributed by atoms with van der Waals surface area (Å²) < 4.78 is 2.36. The molecule has 0 amide bonds. The zero-order chi connectivity index (χ0) is 43.7. The Bertz CT molecular complexity index is 3420. The highest BCUT2D eigenvalue weighted by molar-refractivity contribution is 6.13. The van der Waals surface area contributed by atoms with Crippen molar-refractivity contribution in [3.05, 3.63) is 236 Å². The van der Waals surface area contributed by atoms with E-state index in [1.807, 2.05) is 91.0 Å². The molecule has 0 radical (unpaired) electrons. The van der Waals surface area contributed by atoms with Gasteiger partial charge in [0.05, 0.1) is 51.4 Å². The van der Waals surface area contributed by atoms with Crippen molar-refractivity contribution in [3.63, 3.8) is 0 Å². The molecule has 302 valence electrons. The van der Waals surface area contributed by atoms with Crippen LogP contribution in [0.3, 0.4) is 0 Å². The molecule has 0 aliphatic carbocycles. The molecular formula is C60H37N5. The molecular weight excluding hydrogens is 791 g/mol. The van der Waals surface area contributed by atoms with Crippen molar-refractivity contribution in [2.75, 3.05) is 0 Å². The highest BCUT2D eigenvalue weighted by Crippen LogP contribution is 2.45. The van der Waals surface area contributed by atoms with E-state index in [2.05, 4.69) is 150 Å². The molecule has 5 nitrogen and oxygen atoms in total. The smallest absolute Gasteiger partial charge is 0.160 e. The van der Waals surface area contributed by atoms with Gasteiger partial charge in [-0.05, 0) is 100 Å². The fourth-order valence-corrected chi connectivity index (χ4v) is 8.93. The van der Waals surface area contributed by atoms with Crippen molar-refractivity contribution in [2.45, 2.75) is 0 Å². The van der Waals surface area contributed by atoms with Crippen LogP contribution in [0, 0.1) is 22.7 Å². The molecule has 0 fully saturated rings. The summed E-state index contributed by atoms with van der Waals surface area (Å²) in [6.07, 6.45) is 0. The lowest BCUT2D eigenvalue weighted by atomic mass is 9.91. The largest absolute Gasteiger partial charge is 0.308 e. The Hall–Kier alpha value is -9.16. The van der Waals surface area contributed by atoms with Gasteiger partial charge in [0.1, 0.15) is 0 Å². The van der Waals surface area contributed by atoms with E-state index in [-0.39, 0.29) is 0 Å². The lowest BCUT2D eigenvalue weighted by Crippen LogP contribution is -2.03. The van der Waals surface area contributed by atoms with Gasteiger partial charge < -0.3 is 4.57 Å². The SMILES string of the molecule is N#Cc1cccc(-c2cc(-c3nc(-c4ccccc4)cc(-c4ccccc4)n3)cc(-c3cccc(C#N)c3)c2-n2c3ccc(-c4ccccc4)cc3c3cc(-c4ccccc4)ccc32)c1. The number of hydrogen-bond donors (Lipinski definition) is 0. The number of rotatable bonds is 8. The quantitative estimate of drug-likeness (QED) is 0.153. The van der Waals surface area contributed by atoms with Gasteiger partial charge in [-0.1, -0.05) is 158 Å². The van der Waals surface area contributed by atoms with E-state index >= 15 is 0 Å². The summed E-state index contributed by atoms with van der Waals surface area (Å²) in [6.45, 7) is 0. The summed E-state index contributed by atoms with van der Waals surface area (Å²) in [4.78, 5) is 10.6. The van der Waals surface area contributed by atoms with E-state index in [0.29, 0.717) is 17.0 Å². The summed E-state index contributed by atoms with van der Waals surface area (Å²) in [5, 5.41) is 22.8. The summed E-state index contributed by atoms with van der Waals surface area (Å²) >= 11 is 0. The van der Waals surface area contributed by atoms with Crippen molar-refractivity contribution >= 4 is 21.8 Å². The van der Waals surface area contributed by atoms with Gasteiger partial charge in [-0.25, -0.2) is 9.97 Å². The molecule has 11 rings (SSSR count). The normalized spacial score (nSPS) is 11.0. The van der Waals surface area contributed by atoms with Crippen LogP contribution in [0.2, 0.25) is 0 Å². The third-order valence-corrected chi connectivity index (χ3v) is 12.0. The first kappa shape index (κ1) is 38.7. The second-order valence-corrected chi connectivity index (χ2v) is 16.0. The van der Waals surface area contributed by atoms with E-state index in [9.17, 15) is 10.5 Å². The Balaban J connectivity index is 1.27. The number of nitriles is 2. The predicted molar refractivity (Wildman–Crippen MR) is 264 cm³/mol. The average Bonchev–Trinajstić information content (AvgIpc) is 3.71. The van der Waals surface area contributed by atoms with Crippen LogP contribution in [-0.4, -0.2) is 14.5 Å². The molecule has 0 aliphatic rings. The molecule has 0 aliphatic heterocycles. The van der Waals surface area contributed by atoms with Crippen molar-refractivity contribution < 1.29 is 0 Å². The molecule has 0 bridgehead atoms. The first-order chi connectivity index (χ1) is 32.1. The number of aromatic nitrogens is 3. The van der Waals surface area contributed by atoms with Crippen molar-refractivity contribution in [2.24, 2.45) is 0 Å². The summed E-state index contributed by atoms with van der Waals surface area (Å²) in [5.41, 5.74) is 16.3. The minimum atomic E-state index is 0.544. The van der Waals surface area contributed by atoms with Gasteiger partial charge in [-0.15, -0.1) is 0 Å².